The van der Waals surface area contributed by atoms with E-state index in [0.717, 1.165) is 65.9 Å². The predicted octanol–water partition coefficient (Wildman–Crippen LogP) is 6.31. The molecule has 0 N–H and O–H groups in total. The molecule has 5 rings (SSSR count). The topological polar surface area (TPSA) is 47.5 Å². The molecule has 0 spiro atoms. The molecule has 0 radical (unpaired) electrons. The molecule has 4 aromatic rings. The van der Waals surface area contributed by atoms with Gasteiger partial charge in [0, 0.05) is 12.0 Å². The molecule has 1 fully saturated rings. The summed E-state index contributed by atoms with van der Waals surface area (Å²) in [4.78, 5) is 2.54. The molecule has 1 aliphatic heterocycles. The number of hydrogen-bond acceptors (Lipinski definition) is 6. The monoisotopic (exact) mass is 499 g/mol. The van der Waals surface area contributed by atoms with Crippen LogP contribution in [0.25, 0.3) is 0 Å². The summed E-state index contributed by atoms with van der Waals surface area (Å²) >= 11 is 1.72. The smallest absolute Gasteiger partial charge is 0.165 e. The predicted molar refractivity (Wildman–Crippen MR) is 145 cm³/mol. The van der Waals surface area contributed by atoms with Crippen LogP contribution >= 0.6 is 11.3 Å². The molecule has 2 heterocycles. The first-order valence-corrected chi connectivity index (χ1v) is 13.4. The van der Waals surface area contributed by atoms with Crippen molar-refractivity contribution in [3.8, 4) is 11.5 Å². The maximum atomic E-state index is 5.87. The van der Waals surface area contributed by atoms with E-state index in [2.05, 4.69) is 76.7 Å². The number of piperidine rings is 1. The van der Waals surface area contributed by atoms with Crippen LogP contribution in [0.1, 0.15) is 51.5 Å². The van der Waals surface area contributed by atoms with E-state index < -0.39 is 0 Å². The SMILES string of the molecule is COc1cccc(C(c2nnc(CCc3ccccc3)s2)N2CCC(c3ccccc3)CC2)c1OC. The first kappa shape index (κ1) is 24.5. The Bertz CT molecular complexity index is 1240. The molecular formula is C30H33N3O2S. The van der Waals surface area contributed by atoms with Crippen LogP contribution in [0, 0.1) is 0 Å². The molecule has 6 heteroatoms. The highest BCUT2D eigenvalue weighted by atomic mass is 32.1. The fourth-order valence-electron chi connectivity index (χ4n) is 5.20. The van der Waals surface area contributed by atoms with Crippen molar-refractivity contribution < 1.29 is 9.47 Å². The Morgan fingerprint density at radius 1 is 0.833 bits per heavy atom. The van der Waals surface area contributed by atoms with E-state index in [1.165, 1.54) is 11.1 Å². The normalized spacial score (nSPS) is 15.5. The summed E-state index contributed by atoms with van der Waals surface area (Å²) in [6.45, 7) is 1.98. The van der Waals surface area contributed by atoms with Gasteiger partial charge in [0.15, 0.2) is 11.5 Å². The molecule has 3 aromatic carbocycles. The number of aryl methyl sites for hydroxylation is 2. The van der Waals surface area contributed by atoms with Crippen LogP contribution in [0.3, 0.4) is 0 Å². The van der Waals surface area contributed by atoms with Crippen LogP contribution in [0.4, 0.5) is 0 Å². The molecule has 5 nitrogen and oxygen atoms in total. The number of nitrogens with zero attached hydrogens (tertiary/aromatic N) is 3. The van der Waals surface area contributed by atoms with E-state index >= 15 is 0 Å². The zero-order chi connectivity index (χ0) is 24.7. The Morgan fingerprint density at radius 2 is 1.56 bits per heavy atom. The number of rotatable bonds is 9. The van der Waals surface area contributed by atoms with Crippen LogP contribution in [-0.4, -0.2) is 42.4 Å². The maximum absolute atomic E-state index is 5.87. The summed E-state index contributed by atoms with van der Waals surface area (Å²) in [5, 5.41) is 11.4. The number of hydrogen-bond donors (Lipinski definition) is 0. The summed E-state index contributed by atoms with van der Waals surface area (Å²) in [6.07, 6.45) is 4.09. The van der Waals surface area contributed by atoms with Gasteiger partial charge in [-0.05, 0) is 55.5 Å². The Kier molecular flexibility index (Phi) is 7.94. The lowest BCUT2D eigenvalue weighted by molar-refractivity contribution is 0.170. The van der Waals surface area contributed by atoms with Crippen molar-refractivity contribution >= 4 is 11.3 Å². The average Bonchev–Trinajstić information content (AvgIpc) is 3.42. The Balaban J connectivity index is 1.41. The zero-order valence-electron chi connectivity index (χ0n) is 21.0. The molecular weight excluding hydrogens is 466 g/mol. The van der Waals surface area contributed by atoms with Crippen molar-refractivity contribution in [3.63, 3.8) is 0 Å². The highest BCUT2D eigenvalue weighted by Gasteiger charge is 2.33. The molecule has 1 unspecified atom stereocenters. The van der Waals surface area contributed by atoms with Crippen molar-refractivity contribution in [2.45, 2.75) is 37.6 Å². The number of aromatic nitrogens is 2. The Hall–Kier alpha value is -3.22. The van der Waals surface area contributed by atoms with E-state index in [4.69, 9.17) is 14.6 Å². The van der Waals surface area contributed by atoms with Crippen LogP contribution < -0.4 is 9.47 Å². The molecule has 0 saturated carbocycles. The van der Waals surface area contributed by atoms with Gasteiger partial charge >= 0.3 is 0 Å². The number of likely N-dealkylation sites (tertiary alicyclic amines) is 1. The van der Waals surface area contributed by atoms with E-state index in [0.29, 0.717) is 5.92 Å². The molecule has 0 bridgehead atoms. The summed E-state index contributed by atoms with van der Waals surface area (Å²) in [5.41, 5.74) is 3.84. The number of methoxy groups -OCH3 is 2. The highest BCUT2D eigenvalue weighted by molar-refractivity contribution is 7.11. The second kappa shape index (κ2) is 11.7. The summed E-state index contributed by atoms with van der Waals surface area (Å²) in [5.74, 6) is 2.11. The van der Waals surface area contributed by atoms with Gasteiger partial charge in [-0.1, -0.05) is 84.1 Å². The summed E-state index contributed by atoms with van der Waals surface area (Å²) in [6, 6.07) is 27.6. The fourth-order valence-corrected chi connectivity index (χ4v) is 6.20. The minimum atomic E-state index is -0.0188. The van der Waals surface area contributed by atoms with Crippen molar-refractivity contribution in [2.24, 2.45) is 0 Å². The van der Waals surface area contributed by atoms with Gasteiger partial charge in [0.25, 0.3) is 0 Å². The van der Waals surface area contributed by atoms with Crippen LogP contribution in [0.2, 0.25) is 0 Å². The Labute approximate surface area is 217 Å². The minimum Gasteiger partial charge on any atom is -0.493 e. The maximum Gasteiger partial charge on any atom is 0.165 e. The first-order valence-electron chi connectivity index (χ1n) is 12.6. The molecule has 36 heavy (non-hydrogen) atoms. The van der Waals surface area contributed by atoms with Crippen LogP contribution in [0.15, 0.2) is 78.9 Å². The van der Waals surface area contributed by atoms with E-state index in [-0.39, 0.29) is 6.04 Å². The molecule has 0 aliphatic carbocycles. The highest BCUT2D eigenvalue weighted by Crippen LogP contribution is 2.43. The van der Waals surface area contributed by atoms with Gasteiger partial charge in [-0.15, -0.1) is 10.2 Å². The van der Waals surface area contributed by atoms with Crippen LogP contribution in [-0.2, 0) is 12.8 Å². The molecule has 0 amide bonds. The first-order chi connectivity index (χ1) is 17.8. The number of benzene rings is 3. The fraction of sp³-hybridized carbons (Fsp3) is 0.333. The van der Waals surface area contributed by atoms with Crippen molar-refractivity contribution in [1.82, 2.24) is 15.1 Å². The van der Waals surface area contributed by atoms with E-state index in [9.17, 15) is 0 Å². The van der Waals surface area contributed by atoms with Crippen molar-refractivity contribution in [2.75, 3.05) is 27.3 Å². The van der Waals surface area contributed by atoms with Gasteiger partial charge < -0.3 is 9.47 Å². The zero-order valence-corrected chi connectivity index (χ0v) is 21.8. The largest absolute Gasteiger partial charge is 0.493 e. The van der Waals surface area contributed by atoms with Crippen LogP contribution in [0.5, 0.6) is 11.5 Å². The average molecular weight is 500 g/mol. The third-order valence-corrected chi connectivity index (χ3v) is 8.12. The quantitative estimate of drug-likeness (QED) is 0.270. The lowest BCUT2D eigenvalue weighted by Crippen LogP contribution is -2.37. The minimum absolute atomic E-state index is 0.0188. The van der Waals surface area contributed by atoms with Gasteiger partial charge in [0.2, 0.25) is 0 Å². The molecule has 1 saturated heterocycles. The summed E-state index contributed by atoms with van der Waals surface area (Å²) in [7, 11) is 3.40. The van der Waals surface area contributed by atoms with Gasteiger partial charge in [0.1, 0.15) is 10.0 Å². The number of para-hydroxylation sites is 1. The molecule has 186 valence electrons. The summed E-state index contributed by atoms with van der Waals surface area (Å²) < 4.78 is 11.5. The Morgan fingerprint density at radius 3 is 2.25 bits per heavy atom. The third-order valence-electron chi connectivity index (χ3n) is 7.08. The lowest BCUT2D eigenvalue weighted by Gasteiger charge is -2.37. The van der Waals surface area contributed by atoms with Gasteiger partial charge in [-0.2, -0.15) is 0 Å². The number of ether oxygens (including phenoxy) is 2. The third kappa shape index (κ3) is 5.45. The standard InChI is InChI=1S/C30H33N3O2S/c1-34-26-15-9-14-25(29(26)35-2)28(33-20-18-24(19-21-33)23-12-7-4-8-13-23)30-32-31-27(36-30)17-16-22-10-5-3-6-11-22/h3-15,24,28H,16-21H2,1-2H3. The lowest BCUT2D eigenvalue weighted by atomic mass is 9.88. The van der Waals surface area contributed by atoms with Gasteiger partial charge in [-0.3, -0.25) is 4.90 Å². The molecule has 1 aromatic heterocycles. The van der Waals surface area contributed by atoms with E-state index in [1.54, 1.807) is 25.6 Å². The van der Waals surface area contributed by atoms with Crippen molar-refractivity contribution in [1.29, 1.82) is 0 Å². The van der Waals surface area contributed by atoms with E-state index in [1.807, 2.05) is 12.1 Å². The molecule has 1 atom stereocenters. The van der Waals surface area contributed by atoms with Gasteiger partial charge in [0.05, 0.1) is 20.3 Å². The van der Waals surface area contributed by atoms with Gasteiger partial charge in [-0.25, -0.2) is 0 Å². The molecule has 1 aliphatic rings. The second-order valence-electron chi connectivity index (χ2n) is 9.23. The van der Waals surface area contributed by atoms with Crippen molar-refractivity contribution in [3.05, 3.63) is 106 Å². The second-order valence-corrected chi connectivity index (χ2v) is 10.3.